The van der Waals surface area contributed by atoms with E-state index in [0.717, 1.165) is 55.2 Å². The molecule has 1 unspecified atom stereocenters. The van der Waals surface area contributed by atoms with E-state index in [-0.39, 0.29) is 6.04 Å². The van der Waals surface area contributed by atoms with Gasteiger partial charge in [-0.1, -0.05) is 0 Å². The molecule has 1 aromatic carbocycles. The van der Waals surface area contributed by atoms with E-state index < -0.39 is 0 Å². The number of hydrogen-bond acceptors (Lipinski definition) is 4. The Morgan fingerprint density at radius 1 is 1.00 bits per heavy atom. The molecule has 0 aromatic heterocycles. The second kappa shape index (κ2) is 4.65. The maximum atomic E-state index is 5.91. The predicted molar refractivity (Wildman–Crippen MR) is 74.1 cm³/mol. The molecular formula is C14H16BrNO3. The third kappa shape index (κ3) is 1.79. The maximum absolute atomic E-state index is 5.91. The highest BCUT2D eigenvalue weighted by Crippen LogP contribution is 2.49. The van der Waals surface area contributed by atoms with Gasteiger partial charge in [0.1, 0.15) is 11.5 Å². The third-order valence-electron chi connectivity index (χ3n) is 4.05. The molecule has 0 amide bonds. The highest BCUT2D eigenvalue weighted by molar-refractivity contribution is 9.10. The fourth-order valence-corrected chi connectivity index (χ4v) is 3.94. The van der Waals surface area contributed by atoms with Gasteiger partial charge in [-0.25, -0.2) is 0 Å². The van der Waals surface area contributed by atoms with Crippen LogP contribution >= 0.6 is 15.9 Å². The van der Waals surface area contributed by atoms with Gasteiger partial charge in [0.15, 0.2) is 0 Å². The van der Waals surface area contributed by atoms with E-state index in [0.29, 0.717) is 6.61 Å². The van der Waals surface area contributed by atoms with Crippen molar-refractivity contribution in [3.8, 4) is 11.5 Å². The van der Waals surface area contributed by atoms with Gasteiger partial charge in [0.2, 0.25) is 0 Å². The molecule has 1 N–H and O–H groups in total. The van der Waals surface area contributed by atoms with Crippen molar-refractivity contribution in [2.45, 2.75) is 18.9 Å². The van der Waals surface area contributed by atoms with Crippen LogP contribution in [0.2, 0.25) is 0 Å². The summed E-state index contributed by atoms with van der Waals surface area (Å²) in [5.74, 6) is 2.07. The van der Waals surface area contributed by atoms with Crippen LogP contribution in [0, 0.1) is 0 Å². The Labute approximate surface area is 120 Å². The Balaban J connectivity index is 1.89. The Kier molecular flexibility index (Phi) is 2.94. The van der Waals surface area contributed by atoms with Crippen molar-refractivity contribution in [1.29, 1.82) is 0 Å². The van der Waals surface area contributed by atoms with Gasteiger partial charge in [-0.2, -0.15) is 0 Å². The highest BCUT2D eigenvalue weighted by Gasteiger charge is 2.34. The molecule has 0 spiro atoms. The van der Waals surface area contributed by atoms with Crippen LogP contribution < -0.4 is 14.8 Å². The van der Waals surface area contributed by atoms with Crippen molar-refractivity contribution < 1.29 is 14.2 Å². The zero-order chi connectivity index (χ0) is 12.8. The first-order valence-electron chi connectivity index (χ1n) is 6.80. The molecule has 0 radical (unpaired) electrons. The SMILES string of the molecule is Brc1c2c(c(C3COCCN3)c3c1OCC3)OCC2. The first-order valence-corrected chi connectivity index (χ1v) is 7.59. The van der Waals surface area contributed by atoms with Crippen LogP contribution in [0.4, 0.5) is 0 Å². The van der Waals surface area contributed by atoms with Gasteiger partial charge in [0, 0.05) is 36.1 Å². The summed E-state index contributed by atoms with van der Waals surface area (Å²) in [7, 11) is 0. The predicted octanol–water partition coefficient (Wildman–Crippen LogP) is 1.98. The number of nitrogens with one attached hydrogen (secondary N) is 1. The quantitative estimate of drug-likeness (QED) is 0.857. The summed E-state index contributed by atoms with van der Waals surface area (Å²) in [5, 5.41) is 3.54. The minimum atomic E-state index is 0.226. The third-order valence-corrected chi connectivity index (χ3v) is 4.89. The average Bonchev–Trinajstić information content (AvgIpc) is 3.09. The van der Waals surface area contributed by atoms with Crippen LogP contribution in [-0.2, 0) is 17.6 Å². The zero-order valence-electron chi connectivity index (χ0n) is 10.6. The number of ether oxygens (including phenoxy) is 3. The molecule has 3 aliphatic rings. The lowest BCUT2D eigenvalue weighted by molar-refractivity contribution is 0.0758. The van der Waals surface area contributed by atoms with Gasteiger partial charge >= 0.3 is 0 Å². The molecule has 1 atom stereocenters. The van der Waals surface area contributed by atoms with E-state index in [1.54, 1.807) is 0 Å². The normalized spacial score (nSPS) is 24.6. The second-order valence-corrected chi connectivity index (χ2v) is 5.91. The Morgan fingerprint density at radius 2 is 1.79 bits per heavy atom. The Hall–Kier alpha value is -0.780. The van der Waals surface area contributed by atoms with Crippen LogP contribution in [0.5, 0.6) is 11.5 Å². The van der Waals surface area contributed by atoms with Crippen molar-refractivity contribution in [3.05, 3.63) is 21.2 Å². The van der Waals surface area contributed by atoms with Gasteiger partial charge in [0.05, 0.1) is 36.9 Å². The molecule has 0 aliphatic carbocycles. The molecule has 3 heterocycles. The Morgan fingerprint density at radius 3 is 2.58 bits per heavy atom. The smallest absolute Gasteiger partial charge is 0.137 e. The number of rotatable bonds is 1. The molecule has 19 heavy (non-hydrogen) atoms. The molecule has 0 bridgehead atoms. The van der Waals surface area contributed by atoms with E-state index in [9.17, 15) is 0 Å². The van der Waals surface area contributed by atoms with Gasteiger partial charge in [-0.3, -0.25) is 0 Å². The van der Waals surface area contributed by atoms with E-state index in [1.807, 2.05) is 0 Å². The van der Waals surface area contributed by atoms with Crippen LogP contribution in [0.3, 0.4) is 0 Å². The highest BCUT2D eigenvalue weighted by atomic mass is 79.9. The van der Waals surface area contributed by atoms with E-state index in [2.05, 4.69) is 21.2 Å². The topological polar surface area (TPSA) is 39.7 Å². The summed E-state index contributed by atoms with van der Waals surface area (Å²) >= 11 is 3.68. The van der Waals surface area contributed by atoms with Crippen molar-refractivity contribution in [2.75, 3.05) is 33.0 Å². The maximum Gasteiger partial charge on any atom is 0.137 e. The van der Waals surface area contributed by atoms with Gasteiger partial charge < -0.3 is 19.5 Å². The summed E-state index contributed by atoms with van der Waals surface area (Å²) in [5.41, 5.74) is 3.81. The molecule has 3 aliphatic heterocycles. The molecule has 102 valence electrons. The minimum Gasteiger partial charge on any atom is -0.493 e. The fraction of sp³-hybridized carbons (Fsp3) is 0.571. The molecular weight excluding hydrogens is 310 g/mol. The average molecular weight is 326 g/mol. The molecule has 1 fully saturated rings. The zero-order valence-corrected chi connectivity index (χ0v) is 12.2. The summed E-state index contributed by atoms with van der Waals surface area (Å²) in [4.78, 5) is 0. The molecule has 4 rings (SSSR count). The van der Waals surface area contributed by atoms with Gasteiger partial charge in [-0.15, -0.1) is 0 Å². The van der Waals surface area contributed by atoms with E-state index >= 15 is 0 Å². The van der Waals surface area contributed by atoms with Crippen LogP contribution in [0.25, 0.3) is 0 Å². The van der Waals surface area contributed by atoms with Gasteiger partial charge in [0.25, 0.3) is 0 Å². The first kappa shape index (κ1) is 12.0. The number of halogens is 1. The van der Waals surface area contributed by atoms with Crippen LogP contribution in [0.15, 0.2) is 4.47 Å². The number of morpholine rings is 1. The summed E-state index contributed by atoms with van der Waals surface area (Å²) in [6.07, 6.45) is 1.91. The fourth-order valence-electron chi connectivity index (χ4n) is 3.21. The van der Waals surface area contributed by atoms with Crippen LogP contribution in [-0.4, -0.2) is 33.0 Å². The lowest BCUT2D eigenvalue weighted by atomic mass is 9.94. The number of hydrogen-bond donors (Lipinski definition) is 1. The summed E-state index contributed by atoms with van der Waals surface area (Å²) in [6, 6.07) is 0.226. The summed E-state index contributed by atoms with van der Waals surface area (Å²) < 4.78 is 18.4. The largest absolute Gasteiger partial charge is 0.493 e. The monoisotopic (exact) mass is 325 g/mol. The van der Waals surface area contributed by atoms with Crippen molar-refractivity contribution in [3.63, 3.8) is 0 Å². The summed E-state index contributed by atoms with van der Waals surface area (Å²) in [6.45, 7) is 3.92. The first-order chi connectivity index (χ1) is 9.36. The second-order valence-electron chi connectivity index (χ2n) is 5.12. The number of fused-ring (bicyclic) bond motifs is 2. The molecule has 0 saturated carbocycles. The lowest BCUT2D eigenvalue weighted by Crippen LogP contribution is -2.35. The van der Waals surface area contributed by atoms with Crippen LogP contribution in [0.1, 0.15) is 22.7 Å². The lowest BCUT2D eigenvalue weighted by Gasteiger charge is -2.27. The minimum absolute atomic E-state index is 0.226. The number of benzene rings is 1. The van der Waals surface area contributed by atoms with Crippen molar-refractivity contribution in [1.82, 2.24) is 5.32 Å². The molecule has 1 saturated heterocycles. The molecule has 1 aromatic rings. The standard InChI is InChI=1S/C14H16BrNO3/c15-12-9-2-5-18-13(9)11(8-1-4-19-14(8)12)10-7-17-6-3-16-10/h10,16H,1-7H2. The molecule has 4 nitrogen and oxygen atoms in total. The van der Waals surface area contributed by atoms with Crippen molar-refractivity contribution in [2.24, 2.45) is 0 Å². The Bertz CT molecular complexity index is 491. The van der Waals surface area contributed by atoms with Gasteiger partial charge in [-0.05, 0) is 15.9 Å². The molecule has 5 heteroatoms. The van der Waals surface area contributed by atoms with E-state index in [1.165, 1.54) is 16.7 Å². The van der Waals surface area contributed by atoms with E-state index in [4.69, 9.17) is 14.2 Å². The van der Waals surface area contributed by atoms with Crippen molar-refractivity contribution >= 4 is 15.9 Å².